The lowest BCUT2D eigenvalue weighted by atomic mass is 9.44. The molecular weight excluding hydrogens is 435 g/mol. The van der Waals surface area contributed by atoms with Gasteiger partial charge in [-0.1, -0.05) is 11.6 Å². The molecule has 10 heteroatoms. The van der Waals surface area contributed by atoms with Gasteiger partial charge in [-0.05, 0) is 56.4 Å². The molecule has 0 unspecified atom stereocenters. The Hall–Kier alpha value is -2.26. The first-order chi connectivity index (χ1) is 14.6. The van der Waals surface area contributed by atoms with Gasteiger partial charge in [0.15, 0.2) is 6.61 Å². The van der Waals surface area contributed by atoms with E-state index in [0.717, 1.165) is 25.0 Å². The number of hydrogen-bond donors (Lipinski definition) is 1. The van der Waals surface area contributed by atoms with Crippen molar-refractivity contribution in [2.24, 2.45) is 0 Å². The zero-order chi connectivity index (χ0) is 21.9. The molecule has 1 N–H and O–H groups in total. The average Bonchev–Trinajstić information content (AvgIpc) is 3.07. The molecule has 2 aromatic rings. The Morgan fingerprint density at radius 2 is 1.90 bits per heavy atom. The van der Waals surface area contributed by atoms with Gasteiger partial charge in [0.2, 0.25) is 0 Å². The summed E-state index contributed by atoms with van der Waals surface area (Å²) in [4.78, 5) is 16.7. The second-order valence-corrected chi connectivity index (χ2v) is 9.32. The van der Waals surface area contributed by atoms with Gasteiger partial charge in [-0.25, -0.2) is 4.98 Å². The van der Waals surface area contributed by atoms with Crippen LogP contribution in [0.2, 0.25) is 5.02 Å². The normalized spacial score (nSPS) is 31.2. The molecule has 4 aliphatic carbocycles. The van der Waals surface area contributed by atoms with Gasteiger partial charge in [-0.15, -0.1) is 13.2 Å². The summed E-state index contributed by atoms with van der Waals surface area (Å²) in [7, 11) is 0. The summed E-state index contributed by atoms with van der Waals surface area (Å²) in [5.74, 6) is 0.415. The number of rotatable bonds is 7. The number of benzene rings is 1. The molecule has 6 rings (SSSR count). The van der Waals surface area contributed by atoms with Gasteiger partial charge in [0.1, 0.15) is 5.75 Å². The molecule has 1 amide bonds. The molecule has 31 heavy (non-hydrogen) atoms. The topological polar surface area (TPSA) is 65.4 Å². The Kier molecular flexibility index (Phi) is 4.75. The largest absolute Gasteiger partial charge is 0.522 e. The summed E-state index contributed by atoms with van der Waals surface area (Å²) >= 11 is 5.83. The number of alkyl halides is 3. The van der Waals surface area contributed by atoms with Crippen molar-refractivity contribution in [3.63, 3.8) is 0 Å². The molecule has 1 heterocycles. The Morgan fingerprint density at radius 3 is 2.55 bits per heavy atom. The van der Waals surface area contributed by atoms with Crippen LogP contribution in [-0.2, 0) is 15.1 Å². The Morgan fingerprint density at radius 1 is 1.23 bits per heavy atom. The van der Waals surface area contributed by atoms with Crippen molar-refractivity contribution < 1.29 is 27.4 Å². The molecule has 0 spiro atoms. The number of carbonyl (C=O) groups excluding carboxylic acids is 1. The van der Waals surface area contributed by atoms with Crippen LogP contribution < -0.4 is 10.1 Å². The summed E-state index contributed by atoms with van der Waals surface area (Å²) in [5, 5.41) is 3.67. The molecule has 1 aromatic heterocycles. The maximum Gasteiger partial charge on any atom is 0.522 e. The maximum absolute atomic E-state index is 12.3. The average molecular weight is 456 g/mol. The summed E-state index contributed by atoms with van der Waals surface area (Å²) in [6, 6.07) is 6.82. The maximum atomic E-state index is 12.3. The van der Waals surface area contributed by atoms with Crippen LogP contribution in [0.1, 0.15) is 43.7 Å². The lowest BCUT2D eigenvalue weighted by molar-refractivity contribution is -0.351. The third-order valence-corrected chi connectivity index (χ3v) is 6.81. The zero-order valence-electron chi connectivity index (χ0n) is 16.5. The van der Waals surface area contributed by atoms with Crippen molar-refractivity contribution in [1.82, 2.24) is 14.9 Å². The van der Waals surface area contributed by atoms with Crippen molar-refractivity contribution in [2.45, 2.75) is 61.6 Å². The van der Waals surface area contributed by atoms with E-state index in [4.69, 9.17) is 16.3 Å². The highest BCUT2D eigenvalue weighted by atomic mass is 35.5. The van der Waals surface area contributed by atoms with Crippen molar-refractivity contribution in [1.29, 1.82) is 0 Å². The first kappa shape index (κ1) is 20.6. The smallest absolute Gasteiger partial charge is 0.484 e. The number of aromatic nitrogens is 2. The van der Waals surface area contributed by atoms with Crippen molar-refractivity contribution in [3.05, 3.63) is 47.5 Å². The fourth-order valence-corrected chi connectivity index (χ4v) is 5.18. The number of hydrogen-bond acceptors (Lipinski definition) is 4. The van der Waals surface area contributed by atoms with Crippen LogP contribution in [0.5, 0.6) is 5.75 Å². The molecular formula is C21H21ClF3N3O3. The molecule has 0 atom stereocenters. The second-order valence-electron chi connectivity index (χ2n) is 8.89. The van der Waals surface area contributed by atoms with E-state index in [-0.39, 0.29) is 29.5 Å². The minimum absolute atomic E-state index is 0.000343. The lowest BCUT2D eigenvalue weighted by Gasteiger charge is -2.70. The molecule has 4 fully saturated rings. The third-order valence-electron chi connectivity index (χ3n) is 6.55. The monoisotopic (exact) mass is 455 g/mol. The minimum Gasteiger partial charge on any atom is -0.484 e. The Balaban J connectivity index is 1.08. The Labute approximate surface area is 181 Å². The number of ether oxygens (including phenoxy) is 2. The third kappa shape index (κ3) is 4.01. The van der Waals surface area contributed by atoms with Crippen molar-refractivity contribution in [2.75, 3.05) is 6.61 Å². The van der Waals surface area contributed by atoms with Crippen LogP contribution in [0.15, 0.2) is 36.8 Å². The van der Waals surface area contributed by atoms with Gasteiger partial charge < -0.3 is 14.6 Å². The van der Waals surface area contributed by atoms with E-state index in [0.29, 0.717) is 23.6 Å². The van der Waals surface area contributed by atoms with Gasteiger partial charge >= 0.3 is 6.36 Å². The number of carbonyl (C=O) groups is 1. The molecule has 0 radical (unpaired) electrons. The van der Waals surface area contributed by atoms with E-state index < -0.39 is 12.5 Å². The molecule has 2 bridgehead atoms. The van der Waals surface area contributed by atoms with Crippen LogP contribution >= 0.6 is 11.6 Å². The van der Waals surface area contributed by atoms with E-state index in [1.807, 2.05) is 6.20 Å². The highest BCUT2D eigenvalue weighted by Crippen LogP contribution is 2.65. The number of imidazole rings is 1. The lowest BCUT2D eigenvalue weighted by Crippen LogP contribution is -2.78. The summed E-state index contributed by atoms with van der Waals surface area (Å²) in [6.07, 6.45) is 1.42. The van der Waals surface area contributed by atoms with Crippen LogP contribution in [0.4, 0.5) is 13.2 Å². The van der Waals surface area contributed by atoms with Gasteiger partial charge in [0, 0.05) is 22.7 Å². The van der Waals surface area contributed by atoms with Crippen LogP contribution in [0.3, 0.4) is 0 Å². The van der Waals surface area contributed by atoms with Crippen LogP contribution in [0.25, 0.3) is 0 Å². The summed E-state index contributed by atoms with van der Waals surface area (Å²) in [5.41, 5.74) is 0.551. The van der Waals surface area contributed by atoms with Gasteiger partial charge in [0.25, 0.3) is 5.91 Å². The quantitative estimate of drug-likeness (QED) is 0.681. The molecule has 166 valence electrons. The van der Waals surface area contributed by atoms with E-state index in [9.17, 15) is 18.0 Å². The van der Waals surface area contributed by atoms with Crippen LogP contribution in [-0.4, -0.2) is 40.1 Å². The number of nitrogens with one attached hydrogen (secondary N) is 1. The molecule has 0 saturated heterocycles. The molecule has 6 nitrogen and oxygen atoms in total. The molecule has 4 aliphatic rings. The summed E-state index contributed by atoms with van der Waals surface area (Å²) < 4.78 is 48.4. The number of halogens is 4. The standard InChI is InChI=1S/C21H21ClF3N3O3/c22-14-1-3-15(4-2-14)30-8-18(29)27-19-9-20(10-19,11-19)28-7-17(26-12-28)13-5-16(6-13)31-21(23,24)25/h1-4,7,12-13,16H,5-6,8-11H2,(H,27,29)/t13-,16-,19?,20?. The van der Waals surface area contributed by atoms with E-state index in [1.165, 1.54) is 0 Å². The molecule has 0 aliphatic heterocycles. The highest BCUT2D eigenvalue weighted by Gasteiger charge is 2.69. The Bertz CT molecular complexity index is 966. The summed E-state index contributed by atoms with van der Waals surface area (Å²) in [6.45, 7) is -0.0611. The number of amides is 1. The zero-order valence-corrected chi connectivity index (χ0v) is 17.2. The number of nitrogens with zero attached hydrogens (tertiary/aromatic N) is 2. The minimum atomic E-state index is -4.58. The highest BCUT2D eigenvalue weighted by molar-refractivity contribution is 6.30. The van der Waals surface area contributed by atoms with E-state index in [2.05, 4.69) is 19.6 Å². The van der Waals surface area contributed by atoms with E-state index in [1.54, 1.807) is 30.6 Å². The fourth-order valence-electron chi connectivity index (χ4n) is 5.05. The van der Waals surface area contributed by atoms with Crippen LogP contribution in [0, 0.1) is 0 Å². The molecule has 4 saturated carbocycles. The fraction of sp³-hybridized carbons (Fsp3) is 0.524. The van der Waals surface area contributed by atoms with Crippen molar-refractivity contribution >= 4 is 17.5 Å². The SMILES string of the molecule is O=C(COc1ccc(Cl)cc1)NC12CC(n3cnc([C@H]4C[C@H](OC(F)(F)F)C4)c3)(C1)C2. The van der Waals surface area contributed by atoms with Crippen molar-refractivity contribution in [3.8, 4) is 5.75 Å². The second kappa shape index (κ2) is 7.13. The van der Waals surface area contributed by atoms with Gasteiger partial charge in [-0.3, -0.25) is 9.53 Å². The first-order valence-electron chi connectivity index (χ1n) is 10.1. The van der Waals surface area contributed by atoms with Gasteiger partial charge in [0.05, 0.1) is 23.7 Å². The first-order valence-corrected chi connectivity index (χ1v) is 10.5. The molecule has 1 aromatic carbocycles. The predicted octanol–water partition coefficient (Wildman–Crippen LogP) is 4.15. The van der Waals surface area contributed by atoms with E-state index >= 15 is 0 Å². The van der Waals surface area contributed by atoms with Gasteiger partial charge in [-0.2, -0.15) is 0 Å². The predicted molar refractivity (Wildman–Crippen MR) is 105 cm³/mol.